The summed E-state index contributed by atoms with van der Waals surface area (Å²) < 4.78 is 44.9. The molecule has 1 heterocycles. The van der Waals surface area contributed by atoms with Crippen molar-refractivity contribution in [3.8, 4) is 5.75 Å². The van der Waals surface area contributed by atoms with E-state index >= 15 is 0 Å². The molecule has 3 N–H and O–H groups in total. The van der Waals surface area contributed by atoms with Gasteiger partial charge in [0.2, 0.25) is 11.7 Å². The van der Waals surface area contributed by atoms with E-state index < -0.39 is 23.8 Å². The Morgan fingerprint density at radius 2 is 1.83 bits per heavy atom. The fraction of sp³-hybridized carbons (Fsp3) is 0.500. The second kappa shape index (κ2) is 9.99. The fourth-order valence-electron chi connectivity index (χ4n) is 2.82. The van der Waals surface area contributed by atoms with E-state index in [1.165, 1.54) is 32.3 Å². The monoisotopic (exact) mass is 415 g/mol. The van der Waals surface area contributed by atoms with Crippen molar-refractivity contribution in [1.29, 1.82) is 0 Å². The zero-order chi connectivity index (χ0) is 21.4. The van der Waals surface area contributed by atoms with Crippen molar-refractivity contribution >= 4 is 17.6 Å². The van der Waals surface area contributed by atoms with Gasteiger partial charge >= 0.3 is 6.18 Å². The second-order valence-corrected chi connectivity index (χ2v) is 6.32. The van der Waals surface area contributed by atoms with E-state index in [4.69, 9.17) is 4.74 Å². The third kappa shape index (κ3) is 6.26. The topological polar surface area (TPSA) is 95.1 Å². The number of ether oxygens (including phenoxy) is 1. The molecule has 0 saturated carbocycles. The van der Waals surface area contributed by atoms with Gasteiger partial charge in [0.25, 0.3) is 5.91 Å². The summed E-state index contributed by atoms with van der Waals surface area (Å²) in [6.45, 7) is 0.643. The second-order valence-electron chi connectivity index (χ2n) is 6.32. The number of rotatable bonds is 5. The van der Waals surface area contributed by atoms with Gasteiger partial charge in [-0.05, 0) is 12.1 Å². The van der Waals surface area contributed by atoms with Crippen LogP contribution in [0.1, 0.15) is 18.4 Å². The predicted octanol–water partition coefficient (Wildman–Crippen LogP) is 0.944. The minimum Gasteiger partial charge on any atom is -0.490 e. The summed E-state index contributed by atoms with van der Waals surface area (Å²) in [5, 5.41) is 8.90. The molecule has 0 bridgehead atoms. The van der Waals surface area contributed by atoms with Crippen LogP contribution in [0.15, 0.2) is 29.4 Å². The molecule has 1 fully saturated rings. The Morgan fingerprint density at radius 1 is 1.17 bits per heavy atom. The van der Waals surface area contributed by atoms with Gasteiger partial charge in [-0.1, -0.05) is 12.1 Å². The predicted molar refractivity (Wildman–Crippen MR) is 100 cm³/mol. The highest BCUT2D eigenvalue weighted by Crippen LogP contribution is 2.36. The quantitative estimate of drug-likeness (QED) is 0.378. The number of likely N-dealkylation sites (tertiary alicyclic amines) is 1. The van der Waals surface area contributed by atoms with Crippen LogP contribution >= 0.6 is 0 Å². The number of benzene rings is 1. The summed E-state index contributed by atoms with van der Waals surface area (Å²) in [5.41, 5.74) is 1.73. The lowest BCUT2D eigenvalue weighted by molar-refractivity contribution is -0.139. The molecular weight excluding hydrogens is 391 g/mol. The van der Waals surface area contributed by atoms with Crippen molar-refractivity contribution in [2.45, 2.75) is 25.1 Å². The highest BCUT2D eigenvalue weighted by molar-refractivity contribution is 6.37. The lowest BCUT2D eigenvalue weighted by Gasteiger charge is -2.33. The summed E-state index contributed by atoms with van der Waals surface area (Å²) in [4.78, 5) is 25.1. The minimum absolute atomic E-state index is 0.0925. The maximum atomic E-state index is 13.1. The molecule has 1 aliphatic rings. The number of likely N-dealkylation sites (N-methyl/N-ethyl adjacent to an activating group) is 2. The SMILES string of the molecule is CNC(=O)CN/N=C(\C(=O)NC)N1CCC(Oc2ccccc2C(F)(F)F)CC1. The molecule has 2 amide bonds. The zero-order valence-corrected chi connectivity index (χ0v) is 16.2. The average Bonchev–Trinajstić information content (AvgIpc) is 2.71. The van der Waals surface area contributed by atoms with E-state index in [0.29, 0.717) is 25.9 Å². The zero-order valence-electron chi connectivity index (χ0n) is 16.2. The molecule has 11 heteroatoms. The maximum Gasteiger partial charge on any atom is 0.419 e. The number of amides is 2. The lowest BCUT2D eigenvalue weighted by Crippen LogP contribution is -2.48. The number of amidine groups is 1. The van der Waals surface area contributed by atoms with Crippen LogP contribution in [0.25, 0.3) is 0 Å². The fourth-order valence-corrected chi connectivity index (χ4v) is 2.82. The van der Waals surface area contributed by atoms with E-state index in [0.717, 1.165) is 6.07 Å². The molecule has 2 rings (SSSR count). The molecule has 0 radical (unpaired) electrons. The Hall–Kier alpha value is -2.98. The molecule has 0 unspecified atom stereocenters. The van der Waals surface area contributed by atoms with Gasteiger partial charge in [0, 0.05) is 40.0 Å². The average molecular weight is 415 g/mol. The third-order valence-corrected chi connectivity index (χ3v) is 4.36. The smallest absolute Gasteiger partial charge is 0.419 e. The summed E-state index contributed by atoms with van der Waals surface area (Å²) in [6.07, 6.45) is -4.08. The Morgan fingerprint density at radius 3 is 2.41 bits per heavy atom. The van der Waals surface area contributed by atoms with Gasteiger partial charge in [-0.15, -0.1) is 0 Å². The van der Waals surface area contributed by atoms with Crippen LogP contribution < -0.4 is 20.8 Å². The third-order valence-electron chi connectivity index (χ3n) is 4.36. The number of nitrogens with one attached hydrogen (secondary N) is 3. The van der Waals surface area contributed by atoms with Gasteiger partial charge in [0.1, 0.15) is 18.4 Å². The summed E-state index contributed by atoms with van der Waals surface area (Å²) in [5.74, 6) is -0.826. The molecule has 1 saturated heterocycles. The first kappa shape index (κ1) is 22.3. The number of piperidine rings is 1. The standard InChI is InChI=1S/C18H24F3N5O3/c1-22-15(27)11-24-25-16(17(28)23-2)26-9-7-12(8-10-26)29-14-6-4-3-5-13(14)18(19,20)21/h3-6,12,24H,7-11H2,1-2H3,(H,22,27)(H,23,28)/b25-16+. The normalized spacial score (nSPS) is 15.6. The van der Waals surface area contributed by atoms with Crippen LogP contribution in [0.3, 0.4) is 0 Å². The van der Waals surface area contributed by atoms with Gasteiger partial charge in [0.15, 0.2) is 0 Å². The number of hydrogen-bond acceptors (Lipinski definition) is 5. The largest absolute Gasteiger partial charge is 0.490 e. The van der Waals surface area contributed by atoms with Crippen LogP contribution in [-0.4, -0.2) is 62.4 Å². The Kier molecular flexibility index (Phi) is 7.68. The molecule has 1 aliphatic heterocycles. The summed E-state index contributed by atoms with van der Waals surface area (Å²) in [6, 6.07) is 5.10. The van der Waals surface area contributed by atoms with Crippen LogP contribution in [0.2, 0.25) is 0 Å². The van der Waals surface area contributed by atoms with E-state index in [1.54, 1.807) is 4.90 Å². The number of carbonyl (C=O) groups excluding carboxylic acids is 2. The van der Waals surface area contributed by atoms with Crippen molar-refractivity contribution in [2.75, 3.05) is 33.7 Å². The van der Waals surface area contributed by atoms with E-state index in [9.17, 15) is 22.8 Å². The van der Waals surface area contributed by atoms with Crippen molar-refractivity contribution in [1.82, 2.24) is 21.0 Å². The first-order valence-corrected chi connectivity index (χ1v) is 9.07. The van der Waals surface area contributed by atoms with Crippen molar-refractivity contribution in [3.63, 3.8) is 0 Å². The van der Waals surface area contributed by atoms with Crippen LogP contribution in [-0.2, 0) is 15.8 Å². The highest BCUT2D eigenvalue weighted by Gasteiger charge is 2.35. The Labute approximate surface area is 166 Å². The number of hydrogen-bond donors (Lipinski definition) is 3. The summed E-state index contributed by atoms with van der Waals surface area (Å²) in [7, 11) is 2.94. The molecule has 160 valence electrons. The van der Waals surface area contributed by atoms with Gasteiger partial charge in [-0.3, -0.25) is 15.0 Å². The van der Waals surface area contributed by atoms with Crippen molar-refractivity contribution < 1.29 is 27.5 Å². The van der Waals surface area contributed by atoms with Gasteiger partial charge < -0.3 is 20.3 Å². The number of hydrazone groups is 1. The molecule has 0 atom stereocenters. The molecule has 0 spiro atoms. The van der Waals surface area contributed by atoms with Gasteiger partial charge in [0.05, 0.1) is 5.56 Å². The Balaban J connectivity index is 2.00. The van der Waals surface area contributed by atoms with E-state index in [2.05, 4.69) is 21.2 Å². The van der Waals surface area contributed by atoms with Gasteiger partial charge in [-0.25, -0.2) is 0 Å². The Bertz CT molecular complexity index is 747. The number of carbonyl (C=O) groups is 2. The molecule has 1 aromatic rings. The number of halogens is 3. The molecule has 0 aromatic heterocycles. The first-order valence-electron chi connectivity index (χ1n) is 9.07. The number of nitrogens with zero attached hydrogens (tertiary/aromatic N) is 2. The minimum atomic E-state index is -4.49. The number of para-hydroxylation sites is 1. The highest BCUT2D eigenvalue weighted by atomic mass is 19.4. The first-order chi connectivity index (χ1) is 13.8. The lowest BCUT2D eigenvalue weighted by atomic mass is 10.1. The molecule has 29 heavy (non-hydrogen) atoms. The van der Waals surface area contributed by atoms with Crippen LogP contribution in [0, 0.1) is 0 Å². The van der Waals surface area contributed by atoms with Crippen molar-refractivity contribution in [3.05, 3.63) is 29.8 Å². The summed E-state index contributed by atoms with van der Waals surface area (Å²) >= 11 is 0. The molecular formula is C18H24F3N5O3. The van der Waals surface area contributed by atoms with Crippen LogP contribution in [0.4, 0.5) is 13.2 Å². The molecule has 8 nitrogen and oxygen atoms in total. The van der Waals surface area contributed by atoms with Gasteiger partial charge in [-0.2, -0.15) is 18.3 Å². The van der Waals surface area contributed by atoms with E-state index in [-0.39, 0.29) is 24.0 Å². The van der Waals surface area contributed by atoms with E-state index in [1.807, 2.05) is 0 Å². The maximum absolute atomic E-state index is 13.1. The molecule has 1 aromatic carbocycles. The van der Waals surface area contributed by atoms with Crippen molar-refractivity contribution in [2.24, 2.45) is 5.10 Å². The molecule has 0 aliphatic carbocycles. The van der Waals surface area contributed by atoms with Crippen LogP contribution in [0.5, 0.6) is 5.75 Å². The number of alkyl halides is 3.